The first-order valence-corrected chi connectivity index (χ1v) is 5.48. The topological polar surface area (TPSA) is 26.3 Å². The van der Waals surface area contributed by atoms with Gasteiger partial charge >= 0.3 is 5.97 Å². The molecule has 1 aliphatic heterocycles. The van der Waals surface area contributed by atoms with E-state index in [9.17, 15) is 4.79 Å². The molecular formula is C11H16O2. The fourth-order valence-electron chi connectivity index (χ4n) is 3.72. The number of cyclic esters (lactones) is 1. The van der Waals surface area contributed by atoms with Crippen LogP contribution in [0.2, 0.25) is 0 Å². The molecule has 0 radical (unpaired) electrons. The Hall–Kier alpha value is -0.530. The molecule has 3 atom stereocenters. The lowest BCUT2D eigenvalue weighted by Gasteiger charge is -2.42. The molecule has 2 heteroatoms. The van der Waals surface area contributed by atoms with E-state index >= 15 is 0 Å². The molecule has 1 saturated heterocycles. The van der Waals surface area contributed by atoms with Gasteiger partial charge in [-0.1, -0.05) is 6.42 Å². The van der Waals surface area contributed by atoms with Gasteiger partial charge in [0.05, 0.1) is 12.0 Å². The van der Waals surface area contributed by atoms with Crippen molar-refractivity contribution in [3.8, 4) is 0 Å². The summed E-state index contributed by atoms with van der Waals surface area (Å²) in [5, 5.41) is 0. The first-order valence-electron chi connectivity index (χ1n) is 5.48. The van der Waals surface area contributed by atoms with Gasteiger partial charge in [-0.15, -0.1) is 0 Å². The maximum Gasteiger partial charge on any atom is 0.312 e. The maximum absolute atomic E-state index is 11.8. The molecule has 13 heavy (non-hydrogen) atoms. The average Bonchev–Trinajstić information content (AvgIpc) is 2.48. The molecule has 3 rings (SSSR count). The minimum Gasteiger partial charge on any atom is -0.465 e. The van der Waals surface area contributed by atoms with Crippen LogP contribution >= 0.6 is 0 Å². The Labute approximate surface area is 78.6 Å². The van der Waals surface area contributed by atoms with Crippen LogP contribution in [0.3, 0.4) is 0 Å². The largest absolute Gasteiger partial charge is 0.465 e. The Morgan fingerprint density at radius 1 is 1.23 bits per heavy atom. The van der Waals surface area contributed by atoms with E-state index < -0.39 is 0 Å². The van der Waals surface area contributed by atoms with Gasteiger partial charge in [0.1, 0.15) is 0 Å². The first kappa shape index (κ1) is 7.84. The predicted molar refractivity (Wildman–Crippen MR) is 48.1 cm³/mol. The highest BCUT2D eigenvalue weighted by Crippen LogP contribution is 2.57. The molecule has 3 fully saturated rings. The molecule has 1 spiro atoms. The highest BCUT2D eigenvalue weighted by atomic mass is 16.5. The number of fused-ring (bicyclic) bond motifs is 1. The van der Waals surface area contributed by atoms with Crippen LogP contribution in [0.15, 0.2) is 0 Å². The fourth-order valence-corrected chi connectivity index (χ4v) is 3.72. The van der Waals surface area contributed by atoms with Crippen LogP contribution in [0, 0.1) is 17.3 Å². The molecular weight excluding hydrogens is 164 g/mol. The van der Waals surface area contributed by atoms with E-state index in [0.29, 0.717) is 12.5 Å². The third-order valence-corrected chi connectivity index (χ3v) is 4.46. The highest BCUT2D eigenvalue weighted by molar-refractivity contribution is 5.78. The minimum atomic E-state index is -0.0127. The Morgan fingerprint density at radius 3 is 3.08 bits per heavy atom. The Morgan fingerprint density at radius 2 is 2.15 bits per heavy atom. The summed E-state index contributed by atoms with van der Waals surface area (Å²) in [6.07, 6.45) is 7.28. The van der Waals surface area contributed by atoms with Gasteiger partial charge in [0.15, 0.2) is 0 Å². The van der Waals surface area contributed by atoms with Crippen molar-refractivity contribution < 1.29 is 9.53 Å². The summed E-state index contributed by atoms with van der Waals surface area (Å²) in [6, 6.07) is 0. The molecule has 3 unspecified atom stereocenters. The van der Waals surface area contributed by atoms with Gasteiger partial charge in [-0.25, -0.2) is 0 Å². The first-order chi connectivity index (χ1) is 6.31. The van der Waals surface area contributed by atoms with Crippen LogP contribution in [0.25, 0.3) is 0 Å². The van der Waals surface area contributed by atoms with Gasteiger partial charge < -0.3 is 4.74 Å². The van der Waals surface area contributed by atoms with Gasteiger partial charge in [-0.3, -0.25) is 4.79 Å². The van der Waals surface area contributed by atoms with Gasteiger partial charge in [-0.2, -0.15) is 0 Å². The highest BCUT2D eigenvalue weighted by Gasteiger charge is 2.55. The number of carbonyl (C=O) groups is 1. The fraction of sp³-hybridized carbons (Fsp3) is 0.909. The molecule has 0 aromatic rings. The second-order valence-electron chi connectivity index (χ2n) is 4.96. The number of ether oxygens (including phenoxy) is 1. The van der Waals surface area contributed by atoms with E-state index in [0.717, 1.165) is 25.2 Å². The molecule has 72 valence electrons. The summed E-state index contributed by atoms with van der Waals surface area (Å²) in [4.78, 5) is 11.8. The van der Waals surface area contributed by atoms with Crippen molar-refractivity contribution >= 4 is 5.97 Å². The number of esters is 1. The van der Waals surface area contributed by atoms with Crippen LogP contribution in [0.1, 0.15) is 38.5 Å². The van der Waals surface area contributed by atoms with Crippen molar-refractivity contribution in [2.75, 3.05) is 6.61 Å². The van der Waals surface area contributed by atoms with E-state index in [2.05, 4.69) is 0 Å². The molecule has 0 amide bonds. The van der Waals surface area contributed by atoms with Gasteiger partial charge in [0.25, 0.3) is 0 Å². The zero-order valence-corrected chi connectivity index (χ0v) is 7.92. The van der Waals surface area contributed by atoms with Crippen LogP contribution in [0.4, 0.5) is 0 Å². The molecule has 3 aliphatic rings. The summed E-state index contributed by atoms with van der Waals surface area (Å²) in [5.41, 5.74) is -0.0127. The van der Waals surface area contributed by atoms with Crippen molar-refractivity contribution in [1.82, 2.24) is 0 Å². The summed E-state index contributed by atoms with van der Waals surface area (Å²) in [5.74, 6) is 1.63. The number of hydrogen-bond donors (Lipinski definition) is 0. The minimum absolute atomic E-state index is 0.0127. The van der Waals surface area contributed by atoms with Crippen LogP contribution in [-0.4, -0.2) is 12.6 Å². The normalized spacial score (nSPS) is 48.5. The maximum atomic E-state index is 11.8. The van der Waals surface area contributed by atoms with Crippen molar-refractivity contribution in [3.63, 3.8) is 0 Å². The van der Waals surface area contributed by atoms with Crippen molar-refractivity contribution in [2.45, 2.75) is 38.5 Å². The van der Waals surface area contributed by atoms with Gasteiger partial charge in [0, 0.05) is 0 Å². The zero-order chi connectivity index (χ0) is 8.89. The number of hydrogen-bond acceptors (Lipinski definition) is 2. The van der Waals surface area contributed by atoms with E-state index in [1.54, 1.807) is 0 Å². The lowest BCUT2D eigenvalue weighted by molar-refractivity contribution is -0.170. The predicted octanol–water partition coefficient (Wildman–Crippen LogP) is 2.13. The second kappa shape index (κ2) is 2.49. The molecule has 0 aromatic heterocycles. The van der Waals surface area contributed by atoms with Crippen molar-refractivity contribution in [3.05, 3.63) is 0 Å². The lowest BCUT2D eigenvalue weighted by Crippen LogP contribution is -2.44. The molecule has 0 aromatic carbocycles. The molecule has 2 aliphatic carbocycles. The monoisotopic (exact) mass is 180 g/mol. The number of rotatable bonds is 0. The summed E-state index contributed by atoms with van der Waals surface area (Å²) < 4.78 is 5.23. The van der Waals surface area contributed by atoms with E-state index in [4.69, 9.17) is 4.74 Å². The van der Waals surface area contributed by atoms with Crippen molar-refractivity contribution in [1.29, 1.82) is 0 Å². The lowest BCUT2D eigenvalue weighted by atomic mass is 9.65. The Balaban J connectivity index is 1.96. The quantitative estimate of drug-likeness (QED) is 0.534. The average molecular weight is 180 g/mol. The van der Waals surface area contributed by atoms with Crippen LogP contribution < -0.4 is 0 Å². The molecule has 2 bridgehead atoms. The molecule has 2 nitrogen and oxygen atoms in total. The van der Waals surface area contributed by atoms with E-state index in [-0.39, 0.29) is 11.4 Å². The summed E-state index contributed by atoms with van der Waals surface area (Å²) >= 11 is 0. The molecule has 0 N–H and O–H groups in total. The second-order valence-corrected chi connectivity index (χ2v) is 4.96. The molecule has 1 heterocycles. The standard InChI is InChI=1S/C11H16O2/c12-10-11-5-3-8(7-11)1-2-9(11)4-6-13-10/h8-9H,1-7H2. The van der Waals surface area contributed by atoms with Gasteiger partial charge in [0.2, 0.25) is 0 Å². The SMILES string of the molecule is O=C1OCCC2CCC3CCC12C3. The molecule has 2 saturated carbocycles. The van der Waals surface area contributed by atoms with Crippen LogP contribution in [-0.2, 0) is 9.53 Å². The third-order valence-electron chi connectivity index (χ3n) is 4.46. The zero-order valence-electron chi connectivity index (χ0n) is 7.92. The van der Waals surface area contributed by atoms with E-state index in [1.165, 1.54) is 19.3 Å². The summed E-state index contributed by atoms with van der Waals surface area (Å²) in [6.45, 7) is 0.677. The Kier molecular flexibility index (Phi) is 1.50. The van der Waals surface area contributed by atoms with Gasteiger partial charge in [-0.05, 0) is 43.9 Å². The third kappa shape index (κ3) is 0.918. The van der Waals surface area contributed by atoms with E-state index in [1.807, 2.05) is 0 Å². The van der Waals surface area contributed by atoms with Crippen molar-refractivity contribution in [2.24, 2.45) is 17.3 Å². The smallest absolute Gasteiger partial charge is 0.312 e. The van der Waals surface area contributed by atoms with Crippen LogP contribution in [0.5, 0.6) is 0 Å². The number of carbonyl (C=O) groups excluding carboxylic acids is 1. The summed E-state index contributed by atoms with van der Waals surface area (Å²) in [7, 11) is 0. The Bertz CT molecular complexity index is 248.